The number of ether oxygens (including phenoxy) is 3. The molecule has 0 spiro atoms. The summed E-state index contributed by atoms with van der Waals surface area (Å²) >= 11 is 0. The Hall–Kier alpha value is -2.89. The SMILES string of the molecule is CCC(Oc1ccc(OC)cc1)C(=O)O.COc1ccc(O)cc1. The number of phenols is 1. The first-order chi connectivity index (χ1) is 11.5. The van der Waals surface area contributed by atoms with Gasteiger partial charge in [0.2, 0.25) is 0 Å². The number of hydrogen-bond acceptors (Lipinski definition) is 5. The molecule has 1 unspecified atom stereocenters. The van der Waals surface area contributed by atoms with Crippen molar-refractivity contribution in [1.82, 2.24) is 0 Å². The Labute approximate surface area is 141 Å². The minimum atomic E-state index is -0.951. The van der Waals surface area contributed by atoms with Gasteiger partial charge in [0.05, 0.1) is 14.2 Å². The zero-order valence-corrected chi connectivity index (χ0v) is 13.9. The summed E-state index contributed by atoms with van der Waals surface area (Å²) in [7, 11) is 3.16. The van der Waals surface area contributed by atoms with Crippen molar-refractivity contribution >= 4 is 5.97 Å². The van der Waals surface area contributed by atoms with E-state index < -0.39 is 12.1 Å². The van der Waals surface area contributed by atoms with Gasteiger partial charge in [0, 0.05) is 0 Å². The highest BCUT2D eigenvalue weighted by atomic mass is 16.5. The number of phenolic OH excluding ortho intramolecular Hbond substituents is 1. The smallest absolute Gasteiger partial charge is 0.344 e. The first kappa shape index (κ1) is 19.2. The number of rotatable bonds is 6. The summed E-state index contributed by atoms with van der Waals surface area (Å²) in [6.45, 7) is 1.77. The van der Waals surface area contributed by atoms with Crippen LogP contribution >= 0.6 is 0 Å². The molecule has 2 N–H and O–H groups in total. The lowest BCUT2D eigenvalue weighted by atomic mass is 10.2. The van der Waals surface area contributed by atoms with Gasteiger partial charge in [-0.2, -0.15) is 0 Å². The number of carboxylic acids is 1. The number of methoxy groups -OCH3 is 2. The summed E-state index contributed by atoms with van der Waals surface area (Å²) in [4.78, 5) is 10.7. The summed E-state index contributed by atoms with van der Waals surface area (Å²) in [5, 5.41) is 17.6. The summed E-state index contributed by atoms with van der Waals surface area (Å²) in [6.07, 6.45) is -0.361. The fraction of sp³-hybridized carbons (Fsp3) is 0.278. The van der Waals surface area contributed by atoms with Crippen LogP contribution in [0.15, 0.2) is 48.5 Å². The standard InChI is InChI=1S/C11H14O4.C7H8O2/c1-3-10(11(12)13)15-9-6-4-8(14-2)5-7-9;1-9-7-4-2-6(8)3-5-7/h4-7,10H,3H2,1-2H3,(H,12,13);2-5,8H,1H3. The quantitative estimate of drug-likeness (QED) is 0.843. The molecule has 0 saturated carbocycles. The van der Waals surface area contributed by atoms with Crippen LogP contribution in [-0.2, 0) is 4.79 Å². The van der Waals surface area contributed by atoms with Crippen LogP contribution in [-0.4, -0.2) is 36.5 Å². The van der Waals surface area contributed by atoms with Crippen molar-refractivity contribution in [2.45, 2.75) is 19.4 Å². The molecule has 2 rings (SSSR count). The summed E-state index contributed by atoms with van der Waals surface area (Å²) in [5.74, 6) is 1.31. The van der Waals surface area contributed by atoms with E-state index in [2.05, 4.69) is 0 Å². The lowest BCUT2D eigenvalue weighted by Gasteiger charge is -2.13. The van der Waals surface area contributed by atoms with Crippen LogP contribution < -0.4 is 14.2 Å². The molecular weight excluding hydrogens is 312 g/mol. The van der Waals surface area contributed by atoms with Gasteiger partial charge < -0.3 is 24.4 Å². The molecule has 0 saturated heterocycles. The molecule has 0 aliphatic heterocycles. The van der Waals surface area contributed by atoms with E-state index in [1.54, 1.807) is 69.7 Å². The molecule has 0 amide bonds. The Bertz CT molecular complexity index is 606. The average molecular weight is 334 g/mol. The van der Waals surface area contributed by atoms with E-state index in [-0.39, 0.29) is 5.75 Å². The number of carboxylic acid groups (broad SMARTS) is 1. The van der Waals surface area contributed by atoms with Crippen molar-refractivity contribution in [3.8, 4) is 23.0 Å². The molecule has 130 valence electrons. The lowest BCUT2D eigenvalue weighted by molar-refractivity contribution is -0.145. The van der Waals surface area contributed by atoms with Gasteiger partial charge in [-0.1, -0.05) is 6.92 Å². The van der Waals surface area contributed by atoms with E-state index in [9.17, 15) is 4.79 Å². The van der Waals surface area contributed by atoms with Crippen molar-refractivity contribution in [2.24, 2.45) is 0 Å². The van der Waals surface area contributed by atoms with E-state index >= 15 is 0 Å². The zero-order valence-electron chi connectivity index (χ0n) is 13.9. The summed E-state index contributed by atoms with van der Waals surface area (Å²) in [5.41, 5.74) is 0. The number of hydrogen-bond donors (Lipinski definition) is 2. The van der Waals surface area contributed by atoms with Gasteiger partial charge in [-0.3, -0.25) is 0 Å². The maximum Gasteiger partial charge on any atom is 0.344 e. The Balaban J connectivity index is 0.000000272. The second kappa shape index (κ2) is 9.99. The van der Waals surface area contributed by atoms with Gasteiger partial charge in [0.25, 0.3) is 0 Å². The first-order valence-corrected chi connectivity index (χ1v) is 7.36. The highest BCUT2D eigenvalue weighted by Gasteiger charge is 2.16. The van der Waals surface area contributed by atoms with Crippen LogP contribution in [0.2, 0.25) is 0 Å². The van der Waals surface area contributed by atoms with E-state index in [1.807, 2.05) is 0 Å². The predicted molar refractivity (Wildman–Crippen MR) is 90.0 cm³/mol. The molecule has 0 aliphatic carbocycles. The highest BCUT2D eigenvalue weighted by molar-refractivity contribution is 5.72. The zero-order chi connectivity index (χ0) is 17.9. The minimum Gasteiger partial charge on any atom is -0.508 e. The molecule has 0 fully saturated rings. The third-order valence-corrected chi connectivity index (χ3v) is 3.06. The molecule has 6 heteroatoms. The van der Waals surface area contributed by atoms with Crippen LogP contribution in [0.4, 0.5) is 0 Å². The molecule has 0 heterocycles. The summed E-state index contributed by atoms with van der Waals surface area (Å²) in [6, 6.07) is 13.4. The van der Waals surface area contributed by atoms with Crippen molar-refractivity contribution in [3.63, 3.8) is 0 Å². The molecule has 2 aromatic carbocycles. The van der Waals surface area contributed by atoms with Crippen LogP contribution in [0, 0.1) is 0 Å². The monoisotopic (exact) mass is 334 g/mol. The maximum atomic E-state index is 10.7. The normalized spacial score (nSPS) is 10.8. The van der Waals surface area contributed by atoms with E-state index in [4.69, 9.17) is 24.4 Å². The number of carbonyl (C=O) groups is 1. The fourth-order valence-electron chi connectivity index (χ4n) is 1.71. The van der Waals surface area contributed by atoms with E-state index in [0.29, 0.717) is 17.9 Å². The van der Waals surface area contributed by atoms with Gasteiger partial charge >= 0.3 is 5.97 Å². The third kappa shape index (κ3) is 6.48. The second-order valence-electron chi connectivity index (χ2n) is 4.73. The van der Waals surface area contributed by atoms with Gasteiger partial charge in [-0.05, 0) is 55.0 Å². The Kier molecular flexibility index (Phi) is 7.98. The number of aromatic hydroxyl groups is 1. The highest BCUT2D eigenvalue weighted by Crippen LogP contribution is 2.18. The van der Waals surface area contributed by atoms with Crippen LogP contribution in [0.25, 0.3) is 0 Å². The fourth-order valence-corrected chi connectivity index (χ4v) is 1.71. The van der Waals surface area contributed by atoms with E-state index in [0.717, 1.165) is 5.75 Å². The Morgan fingerprint density at radius 1 is 0.917 bits per heavy atom. The van der Waals surface area contributed by atoms with Gasteiger partial charge in [0.1, 0.15) is 23.0 Å². The molecule has 6 nitrogen and oxygen atoms in total. The second-order valence-corrected chi connectivity index (χ2v) is 4.73. The summed E-state index contributed by atoms with van der Waals surface area (Å²) < 4.78 is 15.1. The molecule has 0 radical (unpaired) electrons. The van der Waals surface area contributed by atoms with Crippen LogP contribution in [0.1, 0.15) is 13.3 Å². The van der Waals surface area contributed by atoms with Crippen molar-refractivity contribution in [2.75, 3.05) is 14.2 Å². The average Bonchev–Trinajstić information content (AvgIpc) is 2.61. The van der Waals surface area contributed by atoms with Crippen LogP contribution in [0.3, 0.4) is 0 Å². The predicted octanol–water partition coefficient (Wildman–Crippen LogP) is 3.34. The molecule has 0 bridgehead atoms. The largest absolute Gasteiger partial charge is 0.508 e. The number of aliphatic carboxylic acids is 1. The Morgan fingerprint density at radius 3 is 1.71 bits per heavy atom. The Morgan fingerprint density at radius 2 is 1.33 bits per heavy atom. The van der Waals surface area contributed by atoms with E-state index in [1.165, 1.54) is 0 Å². The van der Waals surface area contributed by atoms with Gasteiger partial charge in [-0.25, -0.2) is 4.79 Å². The molecule has 1 atom stereocenters. The molecule has 0 aliphatic rings. The van der Waals surface area contributed by atoms with Crippen LogP contribution in [0.5, 0.6) is 23.0 Å². The first-order valence-electron chi connectivity index (χ1n) is 7.36. The van der Waals surface area contributed by atoms with Crippen molar-refractivity contribution < 1.29 is 29.2 Å². The molecule has 24 heavy (non-hydrogen) atoms. The van der Waals surface area contributed by atoms with Gasteiger partial charge in [-0.15, -0.1) is 0 Å². The third-order valence-electron chi connectivity index (χ3n) is 3.06. The minimum absolute atomic E-state index is 0.260. The molecule has 0 aromatic heterocycles. The molecule has 2 aromatic rings. The topological polar surface area (TPSA) is 85.2 Å². The van der Waals surface area contributed by atoms with Crippen molar-refractivity contribution in [1.29, 1.82) is 0 Å². The van der Waals surface area contributed by atoms with Gasteiger partial charge in [0.15, 0.2) is 6.10 Å². The number of benzene rings is 2. The lowest BCUT2D eigenvalue weighted by Crippen LogP contribution is -2.25. The molecular formula is C18H22O6. The maximum absolute atomic E-state index is 10.7. The van der Waals surface area contributed by atoms with Crippen molar-refractivity contribution in [3.05, 3.63) is 48.5 Å².